The van der Waals surface area contributed by atoms with Gasteiger partial charge in [-0.2, -0.15) is 0 Å². The summed E-state index contributed by atoms with van der Waals surface area (Å²) in [5.41, 5.74) is 3.80. The fourth-order valence-electron chi connectivity index (χ4n) is 5.02. The van der Waals surface area contributed by atoms with Gasteiger partial charge >= 0.3 is 6.03 Å². The van der Waals surface area contributed by atoms with E-state index in [0.29, 0.717) is 20.8 Å². The van der Waals surface area contributed by atoms with Gasteiger partial charge in [-0.05, 0) is 66.9 Å². The average Bonchev–Trinajstić information content (AvgIpc) is 3.63. The molecule has 9 heteroatoms. The fraction of sp³-hybridized carbons (Fsp3) is 0.172. The molecule has 0 unspecified atom stereocenters. The number of halogens is 3. The van der Waals surface area contributed by atoms with Gasteiger partial charge < -0.3 is 14.8 Å². The van der Waals surface area contributed by atoms with Crippen molar-refractivity contribution in [1.82, 2.24) is 9.47 Å². The minimum atomic E-state index is -0.423. The molecule has 4 aromatic rings. The predicted molar refractivity (Wildman–Crippen MR) is 152 cm³/mol. The Morgan fingerprint density at radius 1 is 0.868 bits per heavy atom. The van der Waals surface area contributed by atoms with E-state index in [9.17, 15) is 9.59 Å². The van der Waals surface area contributed by atoms with Gasteiger partial charge in [-0.1, -0.05) is 65.1 Å². The number of hydrogen-bond donors (Lipinski definition) is 1. The summed E-state index contributed by atoms with van der Waals surface area (Å²) < 4.78 is 2.09. The summed E-state index contributed by atoms with van der Waals surface area (Å²) in [5.74, 6) is -0.206. The largest absolute Gasteiger partial charge is 0.322 e. The minimum Gasteiger partial charge on any atom is -0.316 e. The normalized spacial score (nSPS) is 16.0. The molecule has 1 aromatic heterocycles. The molecule has 1 saturated carbocycles. The second-order valence-electron chi connectivity index (χ2n) is 9.40. The predicted octanol–water partition coefficient (Wildman–Crippen LogP) is 7.57. The number of anilines is 2. The molecule has 1 aliphatic carbocycles. The third-order valence-electron chi connectivity index (χ3n) is 6.90. The molecule has 3 amide bonds. The van der Waals surface area contributed by atoms with Gasteiger partial charge in [0, 0.05) is 17.3 Å². The van der Waals surface area contributed by atoms with Gasteiger partial charge in [0.05, 0.1) is 32.8 Å². The van der Waals surface area contributed by atoms with E-state index in [-0.39, 0.29) is 18.5 Å². The van der Waals surface area contributed by atoms with E-state index in [1.54, 1.807) is 28.0 Å². The average molecular weight is 566 g/mol. The Labute approximate surface area is 235 Å². The number of hydrogen-bond acceptors (Lipinski definition) is 2. The molecule has 0 bridgehead atoms. The molecule has 6 rings (SSSR count). The van der Waals surface area contributed by atoms with Crippen molar-refractivity contribution in [1.29, 1.82) is 0 Å². The van der Waals surface area contributed by atoms with Crippen LogP contribution in [0.5, 0.6) is 0 Å². The highest BCUT2D eigenvalue weighted by Gasteiger charge is 2.40. The molecule has 6 nitrogen and oxygen atoms in total. The number of rotatable bonds is 5. The minimum absolute atomic E-state index is 0.0336. The zero-order valence-electron chi connectivity index (χ0n) is 20.2. The number of nitrogens with zero attached hydrogens (tertiary/aromatic N) is 3. The Morgan fingerprint density at radius 2 is 1.58 bits per heavy atom. The van der Waals surface area contributed by atoms with Gasteiger partial charge in [-0.15, -0.1) is 0 Å². The van der Waals surface area contributed by atoms with Gasteiger partial charge in [0.15, 0.2) is 0 Å². The molecule has 1 fully saturated rings. The molecule has 0 saturated heterocycles. The van der Waals surface area contributed by atoms with Crippen LogP contribution >= 0.6 is 34.8 Å². The topological polar surface area (TPSA) is 57.6 Å². The van der Waals surface area contributed by atoms with E-state index < -0.39 is 12.1 Å². The molecule has 192 valence electrons. The molecule has 38 heavy (non-hydrogen) atoms. The van der Waals surface area contributed by atoms with E-state index in [0.717, 1.165) is 35.5 Å². The lowest BCUT2D eigenvalue weighted by Crippen LogP contribution is -2.48. The van der Waals surface area contributed by atoms with Crippen molar-refractivity contribution in [2.45, 2.75) is 24.9 Å². The lowest BCUT2D eigenvalue weighted by molar-refractivity contribution is -0.119. The molecule has 1 atom stereocenters. The van der Waals surface area contributed by atoms with E-state index in [4.69, 9.17) is 34.8 Å². The first-order valence-electron chi connectivity index (χ1n) is 12.3. The number of carbonyl (C=O) groups is 2. The lowest BCUT2D eigenvalue weighted by Gasteiger charge is -2.39. The van der Waals surface area contributed by atoms with Crippen molar-refractivity contribution in [3.05, 3.63) is 111 Å². The number of carbonyl (C=O) groups excluding carboxylic acids is 2. The molecule has 1 N–H and O–H groups in total. The Hall–Kier alpha value is -3.45. The van der Waals surface area contributed by atoms with E-state index in [1.165, 1.54) is 0 Å². The molecule has 0 radical (unpaired) electrons. The van der Waals surface area contributed by atoms with Gasteiger partial charge in [-0.3, -0.25) is 9.69 Å². The maximum absolute atomic E-state index is 14.2. The van der Waals surface area contributed by atoms with Crippen LogP contribution in [-0.4, -0.2) is 34.0 Å². The molecule has 0 spiro atoms. The van der Waals surface area contributed by atoms with Crippen LogP contribution in [0.2, 0.25) is 15.1 Å². The monoisotopic (exact) mass is 564 g/mol. The van der Waals surface area contributed by atoms with E-state index >= 15 is 0 Å². The maximum Gasteiger partial charge on any atom is 0.322 e. The summed E-state index contributed by atoms with van der Waals surface area (Å²) in [6.07, 6.45) is 3.65. The third-order valence-corrected chi connectivity index (χ3v) is 7.77. The number of fused-ring (bicyclic) bond motifs is 3. The SMILES string of the molecule is O=C(Nc1c(Cl)cccc1Cl)N(CC(=O)N1c2ccccc2-n2cccc2[C@H]1c1cccc(Cl)c1)C1CC1. The molecule has 3 aromatic carbocycles. The first-order valence-corrected chi connectivity index (χ1v) is 13.4. The summed E-state index contributed by atoms with van der Waals surface area (Å²) >= 11 is 19.0. The van der Waals surface area contributed by atoms with Crippen molar-refractivity contribution in [2.75, 3.05) is 16.8 Å². The first-order chi connectivity index (χ1) is 18.4. The molecule has 1 aliphatic heterocycles. The van der Waals surface area contributed by atoms with Crippen molar-refractivity contribution >= 4 is 58.1 Å². The standard InChI is InChI=1S/C29H23Cl3N4O2/c30-19-7-3-6-18(16-19)28-25-12-5-15-34(25)23-10-1-2-11-24(23)36(28)26(37)17-35(20-13-14-20)29(38)33-27-21(31)8-4-9-22(27)32/h1-12,15-16,20,28H,13-14,17H2,(H,33,38)/t28-/m1/s1. The zero-order valence-corrected chi connectivity index (χ0v) is 22.4. The smallest absolute Gasteiger partial charge is 0.316 e. The quantitative estimate of drug-likeness (QED) is 0.271. The zero-order chi connectivity index (χ0) is 26.4. The van der Waals surface area contributed by atoms with Crippen molar-refractivity contribution in [2.24, 2.45) is 0 Å². The fourth-order valence-corrected chi connectivity index (χ4v) is 5.72. The van der Waals surface area contributed by atoms with E-state index in [2.05, 4.69) is 9.88 Å². The number of benzene rings is 3. The second-order valence-corrected chi connectivity index (χ2v) is 10.6. The first kappa shape index (κ1) is 24.9. The van der Waals surface area contributed by atoms with Crippen LogP contribution in [0.3, 0.4) is 0 Å². The second kappa shape index (κ2) is 10.0. The van der Waals surface area contributed by atoms with Crippen LogP contribution in [0.4, 0.5) is 16.2 Å². The molecular weight excluding hydrogens is 543 g/mol. The third kappa shape index (κ3) is 4.53. The molecular formula is C29H23Cl3N4O2. The van der Waals surface area contributed by atoms with Crippen molar-refractivity contribution in [3.63, 3.8) is 0 Å². The maximum atomic E-state index is 14.2. The lowest BCUT2D eigenvalue weighted by atomic mass is 9.97. The highest BCUT2D eigenvalue weighted by Crippen LogP contribution is 2.43. The summed E-state index contributed by atoms with van der Waals surface area (Å²) in [5, 5.41) is 4.07. The van der Waals surface area contributed by atoms with E-state index in [1.807, 2.05) is 66.9 Å². The van der Waals surface area contributed by atoms with Crippen molar-refractivity contribution in [3.8, 4) is 5.69 Å². The summed E-state index contributed by atoms with van der Waals surface area (Å²) in [6.45, 7) is -0.106. The van der Waals surface area contributed by atoms with Gasteiger partial charge in [0.1, 0.15) is 12.6 Å². The summed E-state index contributed by atoms with van der Waals surface area (Å²) in [6, 6.07) is 23.4. The van der Waals surface area contributed by atoms with Crippen LogP contribution in [0.25, 0.3) is 5.69 Å². The van der Waals surface area contributed by atoms with Crippen LogP contribution < -0.4 is 10.2 Å². The Kier molecular flexibility index (Phi) is 6.56. The van der Waals surface area contributed by atoms with Crippen LogP contribution in [0.1, 0.15) is 30.1 Å². The number of nitrogens with one attached hydrogen (secondary N) is 1. The number of amides is 3. The Bertz CT molecular complexity index is 1530. The highest BCUT2D eigenvalue weighted by molar-refractivity contribution is 6.39. The Balaban J connectivity index is 1.37. The van der Waals surface area contributed by atoms with Gasteiger partial charge in [0.25, 0.3) is 0 Å². The molecule has 2 heterocycles. The van der Waals surface area contributed by atoms with Crippen LogP contribution in [0.15, 0.2) is 85.1 Å². The molecule has 2 aliphatic rings. The Morgan fingerprint density at radius 3 is 2.29 bits per heavy atom. The summed E-state index contributed by atoms with van der Waals surface area (Å²) in [7, 11) is 0. The number of aromatic nitrogens is 1. The number of urea groups is 1. The van der Waals surface area contributed by atoms with Crippen LogP contribution in [0, 0.1) is 0 Å². The number of para-hydroxylation sites is 3. The summed E-state index contributed by atoms with van der Waals surface area (Å²) in [4.78, 5) is 31.0. The van der Waals surface area contributed by atoms with Gasteiger partial charge in [0.2, 0.25) is 5.91 Å². The van der Waals surface area contributed by atoms with Crippen molar-refractivity contribution < 1.29 is 9.59 Å². The highest BCUT2D eigenvalue weighted by atomic mass is 35.5. The van der Waals surface area contributed by atoms with Gasteiger partial charge in [-0.25, -0.2) is 4.79 Å². The van der Waals surface area contributed by atoms with Crippen LogP contribution in [-0.2, 0) is 4.79 Å².